The molecule has 25 heavy (non-hydrogen) atoms. The van der Waals surface area contributed by atoms with Gasteiger partial charge in [0.2, 0.25) is 15.9 Å². The number of nitrogens with one attached hydrogen (secondary N) is 1. The van der Waals surface area contributed by atoms with Crippen LogP contribution >= 0.6 is 0 Å². The summed E-state index contributed by atoms with van der Waals surface area (Å²) in [7, 11) is -2.00. The number of carbonyl (C=O) groups excluding carboxylic acids is 1. The van der Waals surface area contributed by atoms with Gasteiger partial charge in [0.25, 0.3) is 0 Å². The fourth-order valence-electron chi connectivity index (χ4n) is 2.46. The Bertz CT molecular complexity index is 850. The fraction of sp³-hybridized carbons (Fsp3) is 0.278. The Morgan fingerprint density at radius 3 is 2.52 bits per heavy atom. The molecule has 2 rings (SSSR count). The predicted molar refractivity (Wildman–Crippen MR) is 99.2 cm³/mol. The molecule has 0 unspecified atom stereocenters. The Balaban J connectivity index is 2.18. The van der Waals surface area contributed by atoms with E-state index in [2.05, 4.69) is 5.32 Å². The number of amides is 1. The van der Waals surface area contributed by atoms with Crippen LogP contribution in [0.25, 0.3) is 0 Å². The van der Waals surface area contributed by atoms with Crippen molar-refractivity contribution in [3.8, 4) is 0 Å². The van der Waals surface area contributed by atoms with Gasteiger partial charge in [0.1, 0.15) is 6.54 Å². The molecule has 0 saturated heterocycles. The number of para-hydroxylation sites is 1. The van der Waals surface area contributed by atoms with Crippen molar-refractivity contribution < 1.29 is 17.9 Å². The van der Waals surface area contributed by atoms with E-state index in [1.54, 1.807) is 50.4 Å². The number of sulfonamides is 1. The van der Waals surface area contributed by atoms with Crippen molar-refractivity contribution in [2.75, 3.05) is 29.5 Å². The van der Waals surface area contributed by atoms with Gasteiger partial charge in [-0.3, -0.25) is 9.10 Å². The van der Waals surface area contributed by atoms with Crippen molar-refractivity contribution in [2.24, 2.45) is 0 Å². The highest BCUT2D eigenvalue weighted by molar-refractivity contribution is 7.92. The fourth-order valence-corrected chi connectivity index (χ4v) is 3.37. The molecule has 1 N–H and O–H groups in total. The third-order valence-corrected chi connectivity index (χ3v) is 4.72. The zero-order valence-corrected chi connectivity index (χ0v) is 15.3. The second-order valence-corrected chi connectivity index (χ2v) is 7.64. The van der Waals surface area contributed by atoms with Gasteiger partial charge in [-0.05, 0) is 36.2 Å². The zero-order chi connectivity index (χ0) is 18.4. The first-order valence-electron chi connectivity index (χ1n) is 7.72. The summed E-state index contributed by atoms with van der Waals surface area (Å²) in [5.74, 6) is -0.414. The van der Waals surface area contributed by atoms with Gasteiger partial charge in [0.05, 0.1) is 18.6 Å². The van der Waals surface area contributed by atoms with Gasteiger partial charge >= 0.3 is 0 Å². The number of hydrogen-bond acceptors (Lipinski definition) is 4. The average molecular weight is 362 g/mol. The number of ether oxygens (including phenoxy) is 1. The van der Waals surface area contributed by atoms with Crippen LogP contribution in [-0.4, -0.2) is 34.2 Å². The molecule has 0 aliphatic heterocycles. The Morgan fingerprint density at radius 1 is 1.16 bits per heavy atom. The Hall–Kier alpha value is -2.38. The third-order valence-electron chi connectivity index (χ3n) is 3.59. The van der Waals surface area contributed by atoms with Crippen molar-refractivity contribution in [2.45, 2.75) is 13.5 Å². The van der Waals surface area contributed by atoms with Gasteiger partial charge in [0.15, 0.2) is 0 Å². The Labute approximate surface area is 148 Å². The number of anilines is 2. The van der Waals surface area contributed by atoms with Crippen LogP contribution in [0.15, 0.2) is 48.5 Å². The van der Waals surface area contributed by atoms with E-state index >= 15 is 0 Å². The van der Waals surface area contributed by atoms with Crippen molar-refractivity contribution >= 4 is 27.3 Å². The lowest BCUT2D eigenvalue weighted by Crippen LogP contribution is -2.37. The lowest BCUT2D eigenvalue weighted by atomic mass is 10.2. The number of carbonyl (C=O) groups is 1. The van der Waals surface area contributed by atoms with Gasteiger partial charge in [-0.2, -0.15) is 0 Å². The van der Waals surface area contributed by atoms with Gasteiger partial charge in [-0.15, -0.1) is 0 Å². The summed E-state index contributed by atoms with van der Waals surface area (Å²) in [5, 5.41) is 2.73. The summed E-state index contributed by atoms with van der Waals surface area (Å²) in [5.41, 5.74) is 2.79. The molecule has 0 radical (unpaired) electrons. The summed E-state index contributed by atoms with van der Waals surface area (Å²) in [6.45, 7) is 1.94. The van der Waals surface area contributed by atoms with E-state index < -0.39 is 15.9 Å². The number of hydrogen-bond donors (Lipinski definition) is 1. The monoisotopic (exact) mass is 362 g/mol. The molecule has 0 atom stereocenters. The quantitative estimate of drug-likeness (QED) is 0.821. The number of nitrogens with zero attached hydrogens (tertiary/aromatic N) is 1. The van der Waals surface area contributed by atoms with E-state index in [-0.39, 0.29) is 6.54 Å². The van der Waals surface area contributed by atoms with E-state index in [0.29, 0.717) is 18.0 Å². The maximum atomic E-state index is 12.4. The van der Waals surface area contributed by atoms with E-state index in [1.165, 1.54) is 0 Å². The molecule has 7 heteroatoms. The van der Waals surface area contributed by atoms with Crippen LogP contribution in [0.5, 0.6) is 0 Å². The number of aryl methyl sites for hydroxylation is 1. The minimum absolute atomic E-state index is 0.293. The molecular weight excluding hydrogens is 340 g/mol. The summed E-state index contributed by atoms with van der Waals surface area (Å²) in [6, 6.07) is 14.3. The first kappa shape index (κ1) is 19.0. The van der Waals surface area contributed by atoms with Crippen molar-refractivity contribution in [3.05, 3.63) is 59.7 Å². The summed E-state index contributed by atoms with van der Waals surface area (Å²) in [4.78, 5) is 12.4. The normalized spacial score (nSPS) is 11.2. The first-order chi connectivity index (χ1) is 11.8. The Kier molecular flexibility index (Phi) is 6.17. The second-order valence-electron chi connectivity index (χ2n) is 5.74. The van der Waals surface area contributed by atoms with Gasteiger partial charge < -0.3 is 10.1 Å². The molecule has 2 aromatic rings. The average Bonchev–Trinajstić information content (AvgIpc) is 2.53. The maximum absolute atomic E-state index is 12.4. The highest BCUT2D eigenvalue weighted by Gasteiger charge is 2.22. The summed E-state index contributed by atoms with van der Waals surface area (Å²) >= 11 is 0. The number of rotatable bonds is 7. The van der Waals surface area contributed by atoms with Crippen molar-refractivity contribution in [1.82, 2.24) is 0 Å². The number of methoxy groups -OCH3 is 1. The van der Waals surface area contributed by atoms with E-state index in [4.69, 9.17) is 4.74 Å². The molecular formula is C18H22N2O4S. The smallest absolute Gasteiger partial charge is 0.245 e. The third kappa shape index (κ3) is 5.30. The van der Waals surface area contributed by atoms with Crippen LogP contribution in [0.4, 0.5) is 11.4 Å². The van der Waals surface area contributed by atoms with E-state index in [1.807, 2.05) is 12.1 Å². The molecule has 134 valence electrons. The molecule has 0 spiro atoms. The summed E-state index contributed by atoms with van der Waals surface area (Å²) in [6.07, 6.45) is 1.09. The van der Waals surface area contributed by atoms with Crippen LogP contribution in [0, 0.1) is 6.92 Å². The molecule has 0 saturated carbocycles. The maximum Gasteiger partial charge on any atom is 0.245 e. The lowest BCUT2D eigenvalue weighted by molar-refractivity contribution is -0.114. The minimum atomic E-state index is -3.59. The first-order valence-corrected chi connectivity index (χ1v) is 9.57. The van der Waals surface area contributed by atoms with Gasteiger partial charge in [0, 0.05) is 12.8 Å². The van der Waals surface area contributed by atoms with Crippen molar-refractivity contribution in [3.63, 3.8) is 0 Å². The van der Waals surface area contributed by atoms with Crippen LogP contribution < -0.4 is 9.62 Å². The topological polar surface area (TPSA) is 75.7 Å². The van der Waals surface area contributed by atoms with Gasteiger partial charge in [-0.25, -0.2) is 8.42 Å². The molecule has 6 nitrogen and oxygen atoms in total. The predicted octanol–water partition coefficient (Wildman–Crippen LogP) is 2.55. The molecule has 1 amide bonds. The second kappa shape index (κ2) is 8.13. The van der Waals surface area contributed by atoms with Crippen LogP contribution in [-0.2, 0) is 26.2 Å². The minimum Gasteiger partial charge on any atom is -0.380 e. The van der Waals surface area contributed by atoms with Gasteiger partial charge in [-0.1, -0.05) is 30.3 Å². The highest BCUT2D eigenvalue weighted by Crippen LogP contribution is 2.22. The van der Waals surface area contributed by atoms with Crippen molar-refractivity contribution in [1.29, 1.82) is 0 Å². The number of benzene rings is 2. The zero-order valence-electron chi connectivity index (χ0n) is 14.5. The van der Waals surface area contributed by atoms with E-state index in [9.17, 15) is 13.2 Å². The van der Waals surface area contributed by atoms with E-state index in [0.717, 1.165) is 21.7 Å². The largest absolute Gasteiger partial charge is 0.380 e. The molecule has 0 bridgehead atoms. The molecule has 2 aromatic carbocycles. The lowest BCUT2D eigenvalue weighted by Gasteiger charge is -2.23. The highest BCUT2D eigenvalue weighted by atomic mass is 32.2. The molecule has 0 fully saturated rings. The molecule has 0 aliphatic carbocycles. The molecule has 0 aromatic heterocycles. The standard InChI is InChI=1S/C18H22N2O4S/c1-14-7-4-5-10-17(14)20(25(3,22)23)12-18(21)19-16-9-6-8-15(11-16)13-24-2/h4-11H,12-13H2,1-3H3,(H,19,21). The van der Waals surface area contributed by atoms with Crippen LogP contribution in [0.2, 0.25) is 0 Å². The Morgan fingerprint density at radius 2 is 1.88 bits per heavy atom. The van der Waals surface area contributed by atoms with Crippen LogP contribution in [0.3, 0.4) is 0 Å². The molecule has 0 heterocycles. The summed E-state index contributed by atoms with van der Waals surface area (Å²) < 4.78 is 30.5. The molecule has 0 aliphatic rings. The SMILES string of the molecule is COCc1cccc(NC(=O)CN(c2ccccc2C)S(C)(=O)=O)c1. The van der Waals surface area contributed by atoms with Crippen LogP contribution in [0.1, 0.15) is 11.1 Å².